The molecule has 0 aliphatic carbocycles. The van der Waals surface area contributed by atoms with E-state index in [2.05, 4.69) is 33.9 Å². The quantitative estimate of drug-likeness (QED) is 0.101. The fourth-order valence-electron chi connectivity index (χ4n) is 2.62. The molecule has 0 spiro atoms. The smallest absolute Gasteiger partial charge is 0.267 e. The summed E-state index contributed by atoms with van der Waals surface area (Å²) < 4.78 is 3.33. The summed E-state index contributed by atoms with van der Waals surface area (Å²) in [4.78, 5) is 14.3. The number of amides is 1. The van der Waals surface area contributed by atoms with Gasteiger partial charge in [-0.05, 0) is 60.8 Å². The van der Waals surface area contributed by atoms with Crippen LogP contribution in [0.15, 0.2) is 71.2 Å². The van der Waals surface area contributed by atoms with Crippen LogP contribution in [0.5, 0.6) is 0 Å². The number of nitrogens with zero attached hydrogens (tertiary/aromatic N) is 1. The zero-order valence-corrected chi connectivity index (χ0v) is 19.0. The maximum absolute atomic E-state index is 11.0. The van der Waals surface area contributed by atoms with E-state index >= 15 is 0 Å². The molecule has 1 amide bonds. The second kappa shape index (κ2) is 13.2. The van der Waals surface area contributed by atoms with Crippen LogP contribution in [0, 0.1) is 0 Å². The molecule has 30 heavy (non-hydrogen) atoms. The lowest BCUT2D eigenvalue weighted by Crippen LogP contribution is -2.27. The number of hydroxylamine groups is 1. The molecule has 0 bridgehead atoms. The van der Waals surface area contributed by atoms with Crippen LogP contribution in [0.25, 0.3) is 6.08 Å². The van der Waals surface area contributed by atoms with Crippen molar-refractivity contribution in [2.24, 2.45) is 0 Å². The third-order valence-electron chi connectivity index (χ3n) is 4.11. The van der Waals surface area contributed by atoms with Crippen molar-refractivity contribution in [1.29, 1.82) is 0 Å². The normalized spacial score (nSPS) is 11.5. The van der Waals surface area contributed by atoms with Gasteiger partial charge in [0, 0.05) is 47.2 Å². The molecule has 0 fully saturated rings. The van der Waals surface area contributed by atoms with Gasteiger partial charge in [0.05, 0.1) is 0 Å². The number of alkyl halides is 2. The largest absolute Gasteiger partial charge is 0.369 e. The highest BCUT2D eigenvalue weighted by atomic mass is 35.5. The molecule has 0 aromatic heterocycles. The fraction of sp³-hybridized carbons (Fsp3) is 0.227. The molecule has 2 aromatic rings. The van der Waals surface area contributed by atoms with Crippen LogP contribution in [-0.2, 0) is 4.79 Å². The Morgan fingerprint density at radius 2 is 1.67 bits per heavy atom. The van der Waals surface area contributed by atoms with E-state index in [4.69, 9.17) is 28.4 Å². The summed E-state index contributed by atoms with van der Waals surface area (Å²) in [5, 5.41) is 8.49. The topological polar surface area (TPSA) is 64.6 Å². The van der Waals surface area contributed by atoms with Crippen molar-refractivity contribution in [3.05, 3.63) is 71.8 Å². The van der Waals surface area contributed by atoms with Crippen LogP contribution in [0.3, 0.4) is 0 Å². The molecule has 3 N–H and O–H groups in total. The number of hydrogen-bond acceptors (Lipinski definition) is 5. The maximum atomic E-state index is 11.0. The summed E-state index contributed by atoms with van der Waals surface area (Å²) in [7, 11) is 0. The predicted molar refractivity (Wildman–Crippen MR) is 129 cm³/mol. The number of allylic oxidation sites excluding steroid dienone is 2. The summed E-state index contributed by atoms with van der Waals surface area (Å²) in [6.07, 6.45) is 4.86. The molecule has 5 nitrogen and oxygen atoms in total. The molecule has 0 saturated heterocycles. The SMILES string of the molecule is CC(/C=C/C(=O)NO)=C\c1ccc(NSc2ccc(N(CCCl)CCCl)cc2)cc1. The molecule has 0 aliphatic rings. The van der Waals surface area contributed by atoms with Gasteiger partial charge in [-0.25, -0.2) is 5.48 Å². The molecule has 2 aromatic carbocycles. The van der Waals surface area contributed by atoms with Gasteiger partial charge in [-0.2, -0.15) is 0 Å². The standard InChI is InChI=1S/C22H25Cl2N3O2S/c1-17(2-11-22(28)25-29)16-18-3-5-19(6-4-18)26-30-21-9-7-20(8-10-21)27(14-12-23)15-13-24/h2-11,16,26,29H,12-15H2,1H3,(H,25,28)/b11-2+,17-16+. The minimum atomic E-state index is -0.557. The molecule has 8 heteroatoms. The van der Waals surface area contributed by atoms with Crippen molar-refractivity contribution in [3.63, 3.8) is 0 Å². The monoisotopic (exact) mass is 465 g/mol. The van der Waals surface area contributed by atoms with E-state index in [0.717, 1.165) is 40.5 Å². The minimum Gasteiger partial charge on any atom is -0.369 e. The Kier molecular flexibility index (Phi) is 10.7. The molecule has 0 aliphatic heterocycles. The van der Waals surface area contributed by atoms with Crippen LogP contribution in [0.2, 0.25) is 0 Å². The minimum absolute atomic E-state index is 0.557. The zero-order chi connectivity index (χ0) is 21.8. The molecular weight excluding hydrogens is 441 g/mol. The van der Waals surface area contributed by atoms with Gasteiger partial charge in [0.15, 0.2) is 0 Å². The molecule has 0 radical (unpaired) electrons. The van der Waals surface area contributed by atoms with E-state index in [-0.39, 0.29) is 0 Å². The van der Waals surface area contributed by atoms with Crippen LogP contribution >= 0.6 is 35.1 Å². The number of rotatable bonds is 11. The van der Waals surface area contributed by atoms with Gasteiger partial charge in [0.2, 0.25) is 0 Å². The second-order valence-corrected chi connectivity index (χ2v) is 8.02. The van der Waals surface area contributed by atoms with Crippen LogP contribution in [-0.4, -0.2) is 36.0 Å². The zero-order valence-electron chi connectivity index (χ0n) is 16.6. The molecular formula is C22H25Cl2N3O2S. The Labute approximate surface area is 191 Å². The highest BCUT2D eigenvalue weighted by Crippen LogP contribution is 2.25. The van der Waals surface area contributed by atoms with Crippen molar-refractivity contribution in [1.82, 2.24) is 5.48 Å². The Bertz CT molecular complexity index is 850. The molecule has 2 rings (SSSR count). The van der Waals surface area contributed by atoms with Crippen molar-refractivity contribution >= 4 is 58.5 Å². The van der Waals surface area contributed by atoms with Crippen molar-refractivity contribution in [2.45, 2.75) is 11.8 Å². The maximum Gasteiger partial charge on any atom is 0.267 e. The number of benzene rings is 2. The summed E-state index contributed by atoms with van der Waals surface area (Å²) in [6.45, 7) is 3.42. The molecule has 0 saturated carbocycles. The Hall–Kier alpha value is -2.12. The summed E-state index contributed by atoms with van der Waals surface area (Å²) in [5.41, 5.74) is 5.57. The Morgan fingerprint density at radius 1 is 1.03 bits per heavy atom. The third-order valence-corrected chi connectivity index (χ3v) is 5.29. The second-order valence-electron chi connectivity index (χ2n) is 6.38. The number of carbonyl (C=O) groups excluding carboxylic acids is 1. The van der Waals surface area contributed by atoms with E-state index in [9.17, 15) is 4.79 Å². The lowest BCUT2D eigenvalue weighted by molar-refractivity contribution is -0.124. The summed E-state index contributed by atoms with van der Waals surface area (Å²) in [6, 6.07) is 16.3. The van der Waals surface area contributed by atoms with E-state index in [0.29, 0.717) is 11.8 Å². The van der Waals surface area contributed by atoms with Crippen LogP contribution in [0.4, 0.5) is 11.4 Å². The fourth-order valence-corrected chi connectivity index (χ4v) is 3.67. The van der Waals surface area contributed by atoms with Gasteiger partial charge in [-0.3, -0.25) is 10.0 Å². The van der Waals surface area contributed by atoms with E-state index in [1.165, 1.54) is 18.0 Å². The van der Waals surface area contributed by atoms with Gasteiger partial charge in [0.1, 0.15) is 0 Å². The summed E-state index contributed by atoms with van der Waals surface area (Å²) in [5.74, 6) is 0.570. The first kappa shape index (κ1) is 24.2. The van der Waals surface area contributed by atoms with Gasteiger partial charge >= 0.3 is 0 Å². The highest BCUT2D eigenvalue weighted by Gasteiger charge is 2.05. The first-order chi connectivity index (χ1) is 14.5. The number of hydrogen-bond donors (Lipinski definition) is 3. The number of carbonyl (C=O) groups is 1. The van der Waals surface area contributed by atoms with Gasteiger partial charge in [0.25, 0.3) is 5.91 Å². The Morgan fingerprint density at radius 3 is 2.23 bits per heavy atom. The average molecular weight is 466 g/mol. The van der Waals surface area contributed by atoms with Gasteiger partial charge in [-0.1, -0.05) is 29.9 Å². The molecule has 160 valence electrons. The predicted octanol–water partition coefficient (Wildman–Crippen LogP) is 5.55. The highest BCUT2D eigenvalue weighted by molar-refractivity contribution is 8.00. The van der Waals surface area contributed by atoms with Gasteiger partial charge in [-0.15, -0.1) is 23.2 Å². The third kappa shape index (κ3) is 8.32. The lowest BCUT2D eigenvalue weighted by Gasteiger charge is -2.23. The first-order valence-electron chi connectivity index (χ1n) is 9.36. The molecule has 0 unspecified atom stereocenters. The molecule has 0 heterocycles. The lowest BCUT2D eigenvalue weighted by atomic mass is 10.1. The van der Waals surface area contributed by atoms with Crippen LogP contribution < -0.4 is 15.1 Å². The number of nitrogens with one attached hydrogen (secondary N) is 2. The molecule has 0 atom stereocenters. The van der Waals surface area contributed by atoms with Crippen molar-refractivity contribution in [3.8, 4) is 0 Å². The van der Waals surface area contributed by atoms with Crippen LogP contribution in [0.1, 0.15) is 12.5 Å². The first-order valence-corrected chi connectivity index (χ1v) is 11.2. The summed E-state index contributed by atoms with van der Waals surface area (Å²) >= 11 is 13.3. The Balaban J connectivity index is 1.92. The van der Waals surface area contributed by atoms with E-state index in [1.807, 2.05) is 37.3 Å². The number of halogens is 2. The number of anilines is 2. The van der Waals surface area contributed by atoms with Gasteiger partial charge < -0.3 is 9.62 Å². The van der Waals surface area contributed by atoms with Crippen molar-refractivity contribution < 1.29 is 10.0 Å². The average Bonchev–Trinajstić information content (AvgIpc) is 2.77. The van der Waals surface area contributed by atoms with E-state index < -0.39 is 5.91 Å². The van der Waals surface area contributed by atoms with Crippen molar-refractivity contribution in [2.75, 3.05) is 34.5 Å². The van der Waals surface area contributed by atoms with E-state index in [1.54, 1.807) is 11.6 Å².